The summed E-state index contributed by atoms with van der Waals surface area (Å²) in [6.45, 7) is 0.317. The fourth-order valence-corrected chi connectivity index (χ4v) is 3.94. The van der Waals surface area contributed by atoms with Crippen LogP contribution in [-0.2, 0) is 11.4 Å². The normalized spacial score (nSPS) is 12.5. The van der Waals surface area contributed by atoms with Crippen molar-refractivity contribution in [3.8, 4) is 5.75 Å². The molecular weight excluding hydrogens is 414 g/mol. The lowest BCUT2D eigenvalue weighted by Crippen LogP contribution is -2.37. The number of hydrogen-bond donors (Lipinski definition) is 1. The monoisotopic (exact) mass is 435 g/mol. The number of nitrogens with one attached hydrogen (secondary N) is 1. The van der Waals surface area contributed by atoms with E-state index in [9.17, 15) is 9.59 Å². The van der Waals surface area contributed by atoms with Crippen molar-refractivity contribution < 1.29 is 14.3 Å². The number of ether oxygens (including phenoxy) is 1. The predicted molar refractivity (Wildman–Crippen MR) is 129 cm³/mol. The van der Waals surface area contributed by atoms with Gasteiger partial charge in [0.2, 0.25) is 0 Å². The molecule has 4 aromatic carbocycles. The quantitative estimate of drug-likeness (QED) is 0.343. The number of nitrogens with zero attached hydrogens (tertiary/aromatic N) is 2. The summed E-state index contributed by atoms with van der Waals surface area (Å²) in [6.07, 6.45) is 1.54. The van der Waals surface area contributed by atoms with Crippen LogP contribution >= 0.6 is 0 Å². The van der Waals surface area contributed by atoms with Gasteiger partial charge in [0.05, 0.1) is 11.9 Å². The summed E-state index contributed by atoms with van der Waals surface area (Å²) in [6, 6.07) is 28.6. The van der Waals surface area contributed by atoms with Crippen molar-refractivity contribution >= 4 is 34.5 Å². The second-order valence-corrected chi connectivity index (χ2v) is 7.68. The van der Waals surface area contributed by atoms with Gasteiger partial charge in [-0.15, -0.1) is 0 Å². The van der Waals surface area contributed by atoms with Crippen LogP contribution in [0.2, 0.25) is 0 Å². The van der Waals surface area contributed by atoms with Crippen molar-refractivity contribution in [3.63, 3.8) is 0 Å². The second-order valence-electron chi connectivity index (χ2n) is 7.68. The van der Waals surface area contributed by atoms with E-state index in [-0.39, 0.29) is 18.4 Å². The summed E-state index contributed by atoms with van der Waals surface area (Å²) in [4.78, 5) is 26.9. The zero-order valence-corrected chi connectivity index (χ0v) is 17.8. The summed E-state index contributed by atoms with van der Waals surface area (Å²) >= 11 is 0. The van der Waals surface area contributed by atoms with E-state index >= 15 is 0 Å². The molecule has 6 heteroatoms. The van der Waals surface area contributed by atoms with Crippen LogP contribution in [0.3, 0.4) is 0 Å². The van der Waals surface area contributed by atoms with Gasteiger partial charge in [0.25, 0.3) is 11.8 Å². The largest absolute Gasteiger partial charge is 0.488 e. The van der Waals surface area contributed by atoms with E-state index in [4.69, 9.17) is 4.74 Å². The summed E-state index contributed by atoms with van der Waals surface area (Å²) in [5, 5.41) is 5.94. The highest BCUT2D eigenvalue weighted by molar-refractivity contribution is 6.26. The second kappa shape index (κ2) is 8.96. The SMILES string of the molecule is O=C(CN1C(=O)c2cccc3cccc1c23)N/N=C\c1ccccc1OCc1ccccc1. The first-order valence-electron chi connectivity index (χ1n) is 10.6. The molecule has 0 saturated heterocycles. The fraction of sp³-hybridized carbons (Fsp3) is 0.0741. The van der Waals surface area contributed by atoms with E-state index in [1.165, 1.54) is 4.90 Å². The van der Waals surface area contributed by atoms with Gasteiger partial charge < -0.3 is 4.74 Å². The Balaban J connectivity index is 1.24. The Kier molecular flexibility index (Phi) is 5.55. The highest BCUT2D eigenvalue weighted by Crippen LogP contribution is 2.36. The maximum atomic E-state index is 12.8. The van der Waals surface area contributed by atoms with Crippen molar-refractivity contribution in [2.45, 2.75) is 6.61 Å². The van der Waals surface area contributed by atoms with Crippen LogP contribution in [0.1, 0.15) is 21.5 Å². The molecule has 6 nitrogen and oxygen atoms in total. The summed E-state index contributed by atoms with van der Waals surface area (Å²) in [5.74, 6) is 0.101. The zero-order valence-electron chi connectivity index (χ0n) is 17.8. The third kappa shape index (κ3) is 4.19. The maximum Gasteiger partial charge on any atom is 0.260 e. The van der Waals surface area contributed by atoms with Gasteiger partial charge in [-0.3, -0.25) is 14.5 Å². The van der Waals surface area contributed by atoms with E-state index in [0.29, 0.717) is 17.9 Å². The molecule has 162 valence electrons. The molecule has 0 radical (unpaired) electrons. The molecule has 0 unspecified atom stereocenters. The Hall–Kier alpha value is -4.45. The van der Waals surface area contributed by atoms with E-state index < -0.39 is 0 Å². The number of amides is 2. The minimum atomic E-state index is -0.382. The highest BCUT2D eigenvalue weighted by atomic mass is 16.5. The first-order valence-corrected chi connectivity index (χ1v) is 10.6. The summed E-state index contributed by atoms with van der Waals surface area (Å²) in [5.41, 5.74) is 5.67. The highest BCUT2D eigenvalue weighted by Gasteiger charge is 2.30. The molecule has 5 rings (SSSR count). The van der Waals surface area contributed by atoms with Gasteiger partial charge in [0.15, 0.2) is 0 Å². The number of hydrogen-bond acceptors (Lipinski definition) is 4. The van der Waals surface area contributed by atoms with Crippen LogP contribution in [0.4, 0.5) is 5.69 Å². The summed E-state index contributed by atoms with van der Waals surface area (Å²) < 4.78 is 5.91. The number of rotatable bonds is 7. The molecule has 0 aromatic heterocycles. The van der Waals surface area contributed by atoms with E-state index in [1.54, 1.807) is 12.3 Å². The number of carbonyl (C=O) groups excluding carboxylic acids is 2. The van der Waals surface area contributed by atoms with Crippen molar-refractivity contribution in [2.75, 3.05) is 11.4 Å². The van der Waals surface area contributed by atoms with E-state index in [0.717, 1.165) is 27.6 Å². The number of carbonyl (C=O) groups is 2. The number of para-hydroxylation sites is 1. The van der Waals surface area contributed by atoms with Gasteiger partial charge in [0, 0.05) is 16.5 Å². The summed E-state index contributed by atoms with van der Waals surface area (Å²) in [7, 11) is 0. The molecule has 0 fully saturated rings. The third-order valence-electron chi connectivity index (χ3n) is 5.50. The Labute approximate surface area is 191 Å². The Bertz CT molecular complexity index is 1360. The maximum absolute atomic E-state index is 12.8. The first kappa shape index (κ1) is 20.5. The van der Waals surface area contributed by atoms with Crippen molar-refractivity contribution in [1.29, 1.82) is 0 Å². The zero-order chi connectivity index (χ0) is 22.6. The van der Waals surface area contributed by atoms with Gasteiger partial charge >= 0.3 is 0 Å². The number of anilines is 1. The third-order valence-corrected chi connectivity index (χ3v) is 5.50. The molecular formula is C27H21N3O3. The van der Waals surface area contributed by atoms with Crippen LogP contribution in [0.25, 0.3) is 10.8 Å². The van der Waals surface area contributed by atoms with Gasteiger partial charge in [-0.25, -0.2) is 5.43 Å². The molecule has 0 aliphatic carbocycles. The van der Waals surface area contributed by atoms with Crippen LogP contribution in [0, 0.1) is 0 Å². The molecule has 4 aromatic rings. The van der Waals surface area contributed by atoms with Gasteiger partial charge in [-0.1, -0.05) is 66.7 Å². The Morgan fingerprint density at radius 1 is 0.909 bits per heavy atom. The predicted octanol–water partition coefficient (Wildman–Crippen LogP) is 4.53. The molecule has 0 bridgehead atoms. The molecule has 0 saturated carbocycles. The smallest absolute Gasteiger partial charge is 0.260 e. The topological polar surface area (TPSA) is 71.0 Å². The molecule has 0 spiro atoms. The van der Waals surface area contributed by atoms with Gasteiger partial charge in [-0.05, 0) is 35.2 Å². The Morgan fingerprint density at radius 3 is 2.52 bits per heavy atom. The first-order chi connectivity index (χ1) is 16.2. The molecule has 1 aliphatic rings. The van der Waals surface area contributed by atoms with Gasteiger partial charge in [0.1, 0.15) is 18.9 Å². The van der Waals surface area contributed by atoms with Crippen molar-refractivity contribution in [3.05, 3.63) is 108 Å². The lowest BCUT2D eigenvalue weighted by Gasteiger charge is -2.16. The minimum absolute atomic E-state index is 0.115. The van der Waals surface area contributed by atoms with Crippen LogP contribution in [-0.4, -0.2) is 24.6 Å². The average Bonchev–Trinajstić information content (AvgIpc) is 3.12. The van der Waals surface area contributed by atoms with Crippen LogP contribution in [0.15, 0.2) is 96.1 Å². The molecule has 33 heavy (non-hydrogen) atoms. The lowest BCUT2D eigenvalue weighted by atomic mass is 10.1. The standard InChI is InChI=1S/C27H21N3O3/c31-25(17-30-23-14-7-12-20-11-6-13-22(26(20)23)27(30)32)29-28-16-21-10-4-5-15-24(21)33-18-19-8-2-1-3-9-19/h1-16H,17-18H2,(H,29,31)/b28-16-. The van der Waals surface area contributed by atoms with Crippen molar-refractivity contribution in [1.82, 2.24) is 5.43 Å². The van der Waals surface area contributed by atoms with E-state index in [2.05, 4.69) is 10.5 Å². The number of benzene rings is 4. The molecule has 1 aliphatic heterocycles. The molecule has 1 N–H and O–H groups in total. The lowest BCUT2D eigenvalue weighted by molar-refractivity contribution is -0.119. The molecule has 1 heterocycles. The van der Waals surface area contributed by atoms with E-state index in [1.807, 2.05) is 84.9 Å². The number of hydrazone groups is 1. The van der Waals surface area contributed by atoms with Crippen molar-refractivity contribution in [2.24, 2.45) is 5.10 Å². The molecule has 0 atom stereocenters. The fourth-order valence-electron chi connectivity index (χ4n) is 3.94. The minimum Gasteiger partial charge on any atom is -0.488 e. The van der Waals surface area contributed by atoms with Gasteiger partial charge in [-0.2, -0.15) is 5.10 Å². The van der Waals surface area contributed by atoms with Crippen LogP contribution in [0.5, 0.6) is 5.75 Å². The van der Waals surface area contributed by atoms with Crippen LogP contribution < -0.4 is 15.1 Å². The average molecular weight is 435 g/mol. The Morgan fingerprint density at radius 2 is 1.67 bits per heavy atom. The molecule has 2 amide bonds.